The molecule has 2 rings (SSSR count). The van der Waals surface area contributed by atoms with Gasteiger partial charge in [0.1, 0.15) is 11.9 Å². The summed E-state index contributed by atoms with van der Waals surface area (Å²) in [5.74, 6) is 0.909. The lowest BCUT2D eigenvalue weighted by Gasteiger charge is -2.24. The third-order valence-electron chi connectivity index (χ3n) is 3.28. The van der Waals surface area contributed by atoms with Gasteiger partial charge in [0, 0.05) is 43.6 Å². The highest BCUT2D eigenvalue weighted by molar-refractivity contribution is 6.30. The van der Waals surface area contributed by atoms with E-state index in [1.807, 2.05) is 18.2 Å². The fourth-order valence-electron chi connectivity index (χ4n) is 2.17. The first-order valence-electron chi connectivity index (χ1n) is 7.02. The molecule has 1 N–H and O–H groups in total. The highest BCUT2D eigenvalue weighted by atomic mass is 35.5. The zero-order valence-corrected chi connectivity index (χ0v) is 12.6. The SMILES string of the molecule is COCCNCc1cc(Cl)ccc1OC1CCOCC1. The van der Waals surface area contributed by atoms with E-state index in [1.165, 1.54) is 0 Å². The standard InChI is InChI=1S/C15H22ClNO3/c1-18-9-6-17-11-12-10-13(16)2-3-15(12)20-14-4-7-19-8-5-14/h2-3,10,14,17H,4-9,11H2,1H3. The minimum Gasteiger partial charge on any atom is -0.490 e. The van der Waals surface area contributed by atoms with Gasteiger partial charge in [0.2, 0.25) is 0 Å². The molecule has 0 spiro atoms. The van der Waals surface area contributed by atoms with Crippen LogP contribution < -0.4 is 10.1 Å². The summed E-state index contributed by atoms with van der Waals surface area (Å²) >= 11 is 6.07. The Hall–Kier alpha value is -0.810. The second kappa shape index (κ2) is 8.47. The monoisotopic (exact) mass is 299 g/mol. The predicted molar refractivity (Wildman–Crippen MR) is 79.5 cm³/mol. The van der Waals surface area contributed by atoms with Gasteiger partial charge in [0.15, 0.2) is 0 Å². The molecule has 0 aromatic heterocycles. The van der Waals surface area contributed by atoms with Crippen molar-refractivity contribution in [3.05, 3.63) is 28.8 Å². The van der Waals surface area contributed by atoms with E-state index in [9.17, 15) is 0 Å². The van der Waals surface area contributed by atoms with E-state index in [-0.39, 0.29) is 6.10 Å². The lowest BCUT2D eigenvalue weighted by Crippen LogP contribution is -2.26. The minimum atomic E-state index is 0.239. The third-order valence-corrected chi connectivity index (χ3v) is 3.52. The van der Waals surface area contributed by atoms with Crippen molar-refractivity contribution in [3.63, 3.8) is 0 Å². The Kier molecular flexibility index (Phi) is 6.60. The molecule has 0 saturated carbocycles. The largest absolute Gasteiger partial charge is 0.490 e. The molecule has 0 radical (unpaired) electrons. The highest BCUT2D eigenvalue weighted by Crippen LogP contribution is 2.25. The van der Waals surface area contributed by atoms with Crippen LogP contribution in [0.5, 0.6) is 5.75 Å². The van der Waals surface area contributed by atoms with Crippen LogP contribution in [-0.4, -0.2) is 39.6 Å². The first-order valence-corrected chi connectivity index (χ1v) is 7.40. The van der Waals surface area contributed by atoms with Crippen LogP contribution in [0.25, 0.3) is 0 Å². The number of nitrogens with one attached hydrogen (secondary N) is 1. The van der Waals surface area contributed by atoms with Crippen LogP contribution in [0.4, 0.5) is 0 Å². The molecule has 0 unspecified atom stereocenters. The Morgan fingerprint density at radius 3 is 2.90 bits per heavy atom. The predicted octanol–water partition coefficient (Wildman–Crippen LogP) is 2.63. The van der Waals surface area contributed by atoms with Crippen molar-refractivity contribution in [2.45, 2.75) is 25.5 Å². The van der Waals surface area contributed by atoms with Gasteiger partial charge in [-0.15, -0.1) is 0 Å². The van der Waals surface area contributed by atoms with Crippen molar-refractivity contribution in [1.82, 2.24) is 5.32 Å². The van der Waals surface area contributed by atoms with Crippen molar-refractivity contribution < 1.29 is 14.2 Å². The number of hydrogen-bond acceptors (Lipinski definition) is 4. The first kappa shape index (κ1) is 15.6. The molecular weight excluding hydrogens is 278 g/mol. The van der Waals surface area contributed by atoms with Crippen molar-refractivity contribution in [1.29, 1.82) is 0 Å². The molecule has 0 bridgehead atoms. The Morgan fingerprint density at radius 2 is 2.15 bits per heavy atom. The van der Waals surface area contributed by atoms with Crippen molar-refractivity contribution in [2.75, 3.05) is 33.5 Å². The minimum absolute atomic E-state index is 0.239. The van der Waals surface area contributed by atoms with Gasteiger partial charge in [0.25, 0.3) is 0 Å². The van der Waals surface area contributed by atoms with Gasteiger partial charge in [-0.25, -0.2) is 0 Å². The normalized spacial score (nSPS) is 16.3. The van der Waals surface area contributed by atoms with Gasteiger partial charge in [0.05, 0.1) is 19.8 Å². The zero-order valence-electron chi connectivity index (χ0n) is 11.9. The smallest absolute Gasteiger partial charge is 0.124 e. The molecule has 1 fully saturated rings. The van der Waals surface area contributed by atoms with Gasteiger partial charge in [-0.3, -0.25) is 0 Å². The molecule has 1 heterocycles. The molecule has 1 aromatic rings. The van der Waals surface area contributed by atoms with E-state index in [4.69, 9.17) is 25.8 Å². The Labute approximate surface area is 125 Å². The third kappa shape index (κ3) is 4.94. The van der Waals surface area contributed by atoms with Crippen molar-refractivity contribution in [3.8, 4) is 5.75 Å². The Bertz CT molecular complexity index is 408. The Morgan fingerprint density at radius 1 is 1.35 bits per heavy atom. The molecule has 0 aliphatic carbocycles. The number of benzene rings is 1. The zero-order chi connectivity index (χ0) is 14.2. The van der Waals surface area contributed by atoms with Crippen LogP contribution in [0, 0.1) is 0 Å². The molecule has 4 nitrogen and oxygen atoms in total. The average molecular weight is 300 g/mol. The maximum atomic E-state index is 6.09. The van der Waals surface area contributed by atoms with Gasteiger partial charge in [-0.05, 0) is 18.2 Å². The molecule has 1 saturated heterocycles. The lowest BCUT2D eigenvalue weighted by molar-refractivity contribution is 0.0251. The first-order chi connectivity index (χ1) is 9.79. The fraction of sp³-hybridized carbons (Fsp3) is 0.600. The Balaban J connectivity index is 1.95. The van der Waals surface area contributed by atoms with E-state index in [2.05, 4.69) is 5.32 Å². The van der Waals surface area contributed by atoms with E-state index in [0.29, 0.717) is 6.61 Å². The number of rotatable bonds is 7. The second-order valence-electron chi connectivity index (χ2n) is 4.85. The molecule has 112 valence electrons. The van der Waals surface area contributed by atoms with Crippen LogP contribution in [-0.2, 0) is 16.0 Å². The molecule has 20 heavy (non-hydrogen) atoms. The second-order valence-corrected chi connectivity index (χ2v) is 5.29. The number of halogens is 1. The fourth-order valence-corrected chi connectivity index (χ4v) is 2.37. The number of ether oxygens (including phenoxy) is 3. The van der Waals surface area contributed by atoms with Crippen molar-refractivity contribution in [2.24, 2.45) is 0 Å². The summed E-state index contributed by atoms with van der Waals surface area (Å²) in [5.41, 5.74) is 1.08. The molecule has 1 aliphatic heterocycles. The summed E-state index contributed by atoms with van der Waals surface area (Å²) in [4.78, 5) is 0. The van der Waals surface area contributed by atoms with E-state index >= 15 is 0 Å². The summed E-state index contributed by atoms with van der Waals surface area (Å²) in [6.07, 6.45) is 2.13. The number of methoxy groups -OCH3 is 1. The van der Waals surface area contributed by atoms with E-state index in [1.54, 1.807) is 7.11 Å². The van der Waals surface area contributed by atoms with Crippen LogP contribution >= 0.6 is 11.6 Å². The summed E-state index contributed by atoms with van der Waals surface area (Å²) in [6, 6.07) is 5.77. The van der Waals surface area contributed by atoms with Crippen LogP contribution in [0.2, 0.25) is 5.02 Å². The summed E-state index contributed by atoms with van der Waals surface area (Å²) in [6.45, 7) is 3.78. The van der Waals surface area contributed by atoms with Gasteiger partial charge in [-0.2, -0.15) is 0 Å². The van der Waals surface area contributed by atoms with Gasteiger partial charge < -0.3 is 19.5 Å². The maximum Gasteiger partial charge on any atom is 0.124 e. The summed E-state index contributed by atoms with van der Waals surface area (Å²) in [5, 5.41) is 4.05. The number of hydrogen-bond donors (Lipinski definition) is 1. The molecule has 0 atom stereocenters. The van der Waals surface area contributed by atoms with Crippen LogP contribution in [0.1, 0.15) is 18.4 Å². The molecule has 5 heteroatoms. The lowest BCUT2D eigenvalue weighted by atomic mass is 10.1. The van der Waals surface area contributed by atoms with Crippen LogP contribution in [0.3, 0.4) is 0 Å². The van der Waals surface area contributed by atoms with Gasteiger partial charge in [-0.1, -0.05) is 11.6 Å². The average Bonchev–Trinajstić information content (AvgIpc) is 2.47. The molecule has 1 aliphatic rings. The molecule has 0 amide bonds. The van der Waals surface area contributed by atoms with Gasteiger partial charge >= 0.3 is 0 Å². The van der Waals surface area contributed by atoms with Crippen molar-refractivity contribution >= 4 is 11.6 Å². The maximum absolute atomic E-state index is 6.09. The highest BCUT2D eigenvalue weighted by Gasteiger charge is 2.16. The van der Waals surface area contributed by atoms with Crippen LogP contribution in [0.15, 0.2) is 18.2 Å². The summed E-state index contributed by atoms with van der Waals surface area (Å²) < 4.78 is 16.5. The molecular formula is C15H22ClNO3. The molecule has 1 aromatic carbocycles. The topological polar surface area (TPSA) is 39.7 Å². The quantitative estimate of drug-likeness (QED) is 0.786. The van der Waals surface area contributed by atoms with E-state index in [0.717, 1.165) is 55.5 Å². The van der Waals surface area contributed by atoms with E-state index < -0.39 is 0 Å². The summed E-state index contributed by atoms with van der Waals surface area (Å²) in [7, 11) is 1.70.